The Morgan fingerprint density at radius 3 is 2.47 bits per heavy atom. The number of anilines is 1. The molecule has 1 aromatic carbocycles. The first-order valence-corrected chi connectivity index (χ1v) is 6.01. The summed E-state index contributed by atoms with van der Waals surface area (Å²) in [6.07, 6.45) is 3.81. The summed E-state index contributed by atoms with van der Waals surface area (Å²) >= 11 is 0. The van der Waals surface area contributed by atoms with Gasteiger partial charge in [0.25, 0.3) is 0 Å². The zero-order chi connectivity index (χ0) is 12.3. The molecule has 4 nitrogen and oxygen atoms in total. The molecule has 1 aliphatic rings. The van der Waals surface area contributed by atoms with E-state index in [1.807, 2.05) is 12.1 Å². The van der Waals surface area contributed by atoms with Crippen molar-refractivity contribution in [2.75, 3.05) is 5.32 Å². The molecule has 0 saturated heterocycles. The highest BCUT2D eigenvalue weighted by molar-refractivity contribution is 5.93. The van der Waals surface area contributed by atoms with Gasteiger partial charge >= 0.3 is 0 Å². The predicted molar refractivity (Wildman–Crippen MR) is 66.8 cm³/mol. The molecule has 1 aromatic rings. The van der Waals surface area contributed by atoms with E-state index >= 15 is 0 Å². The quantitative estimate of drug-likeness (QED) is 0.742. The number of hydrogen-bond donors (Lipinski definition) is 3. The third-order valence-corrected chi connectivity index (χ3v) is 3.25. The van der Waals surface area contributed by atoms with Crippen LogP contribution in [0.15, 0.2) is 24.3 Å². The van der Waals surface area contributed by atoms with Crippen LogP contribution in [0.2, 0.25) is 0 Å². The minimum atomic E-state index is -0.422. The summed E-state index contributed by atoms with van der Waals surface area (Å²) in [5.41, 5.74) is 6.59. The van der Waals surface area contributed by atoms with Crippen LogP contribution >= 0.6 is 0 Å². The number of primary amides is 1. The van der Waals surface area contributed by atoms with Crippen molar-refractivity contribution in [1.82, 2.24) is 0 Å². The number of aliphatic hydroxyl groups is 1. The largest absolute Gasteiger partial charge is 0.391 e. The van der Waals surface area contributed by atoms with E-state index in [0.29, 0.717) is 5.56 Å². The molecule has 1 fully saturated rings. The molecule has 0 aliphatic heterocycles. The second-order valence-corrected chi connectivity index (χ2v) is 4.54. The highest BCUT2D eigenvalue weighted by Crippen LogP contribution is 2.22. The highest BCUT2D eigenvalue weighted by Gasteiger charge is 2.22. The summed E-state index contributed by atoms with van der Waals surface area (Å²) in [5, 5.41) is 13.1. The minimum absolute atomic E-state index is 0.114. The molecule has 0 unspecified atom stereocenters. The summed E-state index contributed by atoms with van der Waals surface area (Å²) in [7, 11) is 0. The van der Waals surface area contributed by atoms with Crippen molar-refractivity contribution in [3.63, 3.8) is 0 Å². The van der Waals surface area contributed by atoms with Gasteiger partial charge in [0.05, 0.1) is 12.1 Å². The van der Waals surface area contributed by atoms with Crippen LogP contribution in [0.25, 0.3) is 0 Å². The van der Waals surface area contributed by atoms with E-state index in [2.05, 4.69) is 5.32 Å². The first-order valence-electron chi connectivity index (χ1n) is 6.01. The SMILES string of the molecule is NC(=O)c1ccc(N[C@H]2CCCC[C@@H]2O)cc1. The molecule has 1 amide bonds. The Labute approximate surface area is 101 Å². The lowest BCUT2D eigenvalue weighted by Crippen LogP contribution is -2.36. The van der Waals surface area contributed by atoms with Gasteiger partial charge in [0.1, 0.15) is 0 Å². The fourth-order valence-electron chi connectivity index (χ4n) is 2.22. The molecule has 1 saturated carbocycles. The van der Waals surface area contributed by atoms with Gasteiger partial charge < -0.3 is 16.2 Å². The maximum Gasteiger partial charge on any atom is 0.248 e. The van der Waals surface area contributed by atoms with Crippen molar-refractivity contribution in [2.45, 2.75) is 37.8 Å². The van der Waals surface area contributed by atoms with Crippen LogP contribution in [0, 0.1) is 0 Å². The third kappa shape index (κ3) is 2.97. The van der Waals surface area contributed by atoms with Crippen LogP contribution in [-0.4, -0.2) is 23.2 Å². The Kier molecular flexibility index (Phi) is 3.64. The molecule has 4 heteroatoms. The Bertz CT molecular complexity index is 389. The molecule has 0 heterocycles. The Balaban J connectivity index is 2.00. The van der Waals surface area contributed by atoms with E-state index in [1.54, 1.807) is 12.1 Å². The second-order valence-electron chi connectivity index (χ2n) is 4.54. The number of benzene rings is 1. The maximum absolute atomic E-state index is 10.9. The van der Waals surface area contributed by atoms with E-state index in [-0.39, 0.29) is 12.1 Å². The van der Waals surface area contributed by atoms with Gasteiger partial charge in [0.15, 0.2) is 0 Å². The van der Waals surface area contributed by atoms with Crippen LogP contribution in [0.5, 0.6) is 0 Å². The van der Waals surface area contributed by atoms with E-state index in [0.717, 1.165) is 31.4 Å². The predicted octanol–water partition coefficient (Wildman–Crippen LogP) is 1.50. The molecule has 17 heavy (non-hydrogen) atoms. The molecule has 0 bridgehead atoms. The van der Waals surface area contributed by atoms with Crippen molar-refractivity contribution in [3.8, 4) is 0 Å². The van der Waals surface area contributed by atoms with Crippen LogP contribution in [-0.2, 0) is 0 Å². The third-order valence-electron chi connectivity index (χ3n) is 3.25. The second kappa shape index (κ2) is 5.19. The lowest BCUT2D eigenvalue weighted by molar-refractivity contribution is 0.1000. The lowest BCUT2D eigenvalue weighted by Gasteiger charge is -2.29. The molecular formula is C13H18N2O2. The highest BCUT2D eigenvalue weighted by atomic mass is 16.3. The first-order chi connectivity index (χ1) is 8.16. The molecule has 2 rings (SSSR count). The van der Waals surface area contributed by atoms with Gasteiger partial charge in [0, 0.05) is 11.3 Å². The molecular weight excluding hydrogens is 216 g/mol. The van der Waals surface area contributed by atoms with Crippen LogP contribution in [0.4, 0.5) is 5.69 Å². The Morgan fingerprint density at radius 1 is 1.24 bits per heavy atom. The molecule has 0 spiro atoms. The number of carbonyl (C=O) groups is 1. The van der Waals surface area contributed by atoms with Crippen LogP contribution in [0.1, 0.15) is 36.0 Å². The van der Waals surface area contributed by atoms with Gasteiger partial charge in [-0.2, -0.15) is 0 Å². The summed E-state index contributed by atoms with van der Waals surface area (Å²) in [5.74, 6) is -0.422. The Hall–Kier alpha value is -1.55. The molecule has 1 aliphatic carbocycles. The summed E-state index contributed by atoms with van der Waals surface area (Å²) in [4.78, 5) is 10.9. The minimum Gasteiger partial charge on any atom is -0.391 e. The summed E-state index contributed by atoms with van der Waals surface area (Å²) < 4.78 is 0. The number of nitrogens with two attached hydrogens (primary N) is 1. The molecule has 0 radical (unpaired) electrons. The van der Waals surface area contributed by atoms with Crippen molar-refractivity contribution in [2.24, 2.45) is 5.73 Å². The number of amides is 1. The van der Waals surface area contributed by atoms with E-state index in [4.69, 9.17) is 5.73 Å². The zero-order valence-electron chi connectivity index (χ0n) is 9.73. The molecule has 4 N–H and O–H groups in total. The fourth-order valence-corrected chi connectivity index (χ4v) is 2.22. The number of nitrogens with one attached hydrogen (secondary N) is 1. The van der Waals surface area contributed by atoms with E-state index < -0.39 is 5.91 Å². The van der Waals surface area contributed by atoms with Gasteiger partial charge in [-0.1, -0.05) is 12.8 Å². The molecule has 92 valence electrons. The van der Waals surface area contributed by atoms with Crippen LogP contribution < -0.4 is 11.1 Å². The Morgan fingerprint density at radius 2 is 1.88 bits per heavy atom. The smallest absolute Gasteiger partial charge is 0.248 e. The number of aliphatic hydroxyl groups excluding tert-OH is 1. The lowest BCUT2D eigenvalue weighted by atomic mass is 9.92. The molecule has 0 aromatic heterocycles. The first kappa shape index (κ1) is 11.9. The van der Waals surface area contributed by atoms with Crippen molar-refractivity contribution in [1.29, 1.82) is 0 Å². The van der Waals surface area contributed by atoms with Gasteiger partial charge in [0.2, 0.25) is 5.91 Å². The van der Waals surface area contributed by atoms with E-state index in [1.165, 1.54) is 0 Å². The average molecular weight is 234 g/mol. The monoisotopic (exact) mass is 234 g/mol. The van der Waals surface area contributed by atoms with Crippen molar-refractivity contribution < 1.29 is 9.90 Å². The molecule has 2 atom stereocenters. The fraction of sp³-hybridized carbons (Fsp3) is 0.462. The summed E-state index contributed by atoms with van der Waals surface area (Å²) in [6, 6.07) is 7.14. The summed E-state index contributed by atoms with van der Waals surface area (Å²) in [6.45, 7) is 0. The van der Waals surface area contributed by atoms with Crippen molar-refractivity contribution in [3.05, 3.63) is 29.8 Å². The van der Waals surface area contributed by atoms with Gasteiger partial charge in [-0.25, -0.2) is 0 Å². The topological polar surface area (TPSA) is 75.4 Å². The van der Waals surface area contributed by atoms with Gasteiger partial charge in [-0.3, -0.25) is 4.79 Å². The number of rotatable bonds is 3. The van der Waals surface area contributed by atoms with Crippen LogP contribution in [0.3, 0.4) is 0 Å². The van der Waals surface area contributed by atoms with Crippen molar-refractivity contribution >= 4 is 11.6 Å². The number of carbonyl (C=O) groups excluding carboxylic acids is 1. The zero-order valence-corrected chi connectivity index (χ0v) is 9.73. The number of hydrogen-bond acceptors (Lipinski definition) is 3. The average Bonchev–Trinajstić information content (AvgIpc) is 2.33. The maximum atomic E-state index is 10.9. The van der Waals surface area contributed by atoms with Gasteiger partial charge in [-0.05, 0) is 37.1 Å². The van der Waals surface area contributed by atoms with Gasteiger partial charge in [-0.15, -0.1) is 0 Å². The standard InChI is InChI=1S/C13H18N2O2/c14-13(17)9-5-7-10(8-6-9)15-11-3-1-2-4-12(11)16/h5-8,11-12,15-16H,1-4H2,(H2,14,17)/t11-,12-/m0/s1. The van der Waals surface area contributed by atoms with E-state index in [9.17, 15) is 9.90 Å². The normalized spacial score (nSPS) is 24.3.